The summed E-state index contributed by atoms with van der Waals surface area (Å²) in [7, 11) is 1.31. The van der Waals surface area contributed by atoms with Gasteiger partial charge in [0.25, 0.3) is 0 Å². The standard InChI is InChI=1S/C14H19N3O3/c1-8-5-10(6-11(13(8)15)14(19)20-2)16-7-12(18)17-9-3-4-9/h5-6,9,16H,3-4,7,15H2,1-2H3,(H,17,18). The molecule has 1 fully saturated rings. The summed E-state index contributed by atoms with van der Waals surface area (Å²) < 4.78 is 4.69. The van der Waals surface area contributed by atoms with E-state index in [0.717, 1.165) is 18.4 Å². The first-order valence-corrected chi connectivity index (χ1v) is 6.53. The number of carbonyl (C=O) groups is 2. The molecule has 0 aromatic heterocycles. The number of carbonyl (C=O) groups excluding carboxylic acids is 2. The van der Waals surface area contributed by atoms with Crippen molar-refractivity contribution in [2.45, 2.75) is 25.8 Å². The van der Waals surface area contributed by atoms with E-state index in [2.05, 4.69) is 15.4 Å². The summed E-state index contributed by atoms with van der Waals surface area (Å²) in [6.45, 7) is 1.97. The first-order valence-electron chi connectivity index (χ1n) is 6.53. The number of hydrogen-bond donors (Lipinski definition) is 3. The average molecular weight is 277 g/mol. The van der Waals surface area contributed by atoms with Crippen molar-refractivity contribution < 1.29 is 14.3 Å². The Morgan fingerprint density at radius 1 is 1.40 bits per heavy atom. The van der Waals surface area contributed by atoms with Gasteiger partial charge in [0.1, 0.15) is 0 Å². The zero-order chi connectivity index (χ0) is 14.7. The average Bonchev–Trinajstić information content (AvgIpc) is 3.23. The number of rotatable bonds is 5. The molecule has 0 aliphatic heterocycles. The molecule has 0 heterocycles. The van der Waals surface area contributed by atoms with Crippen molar-refractivity contribution in [3.63, 3.8) is 0 Å². The Balaban J connectivity index is 2.05. The number of ether oxygens (including phenoxy) is 1. The molecule has 6 heteroatoms. The molecule has 2 rings (SSSR count). The van der Waals surface area contributed by atoms with Gasteiger partial charge in [-0.3, -0.25) is 4.79 Å². The van der Waals surface area contributed by atoms with Crippen LogP contribution in [0.5, 0.6) is 0 Å². The minimum Gasteiger partial charge on any atom is -0.465 e. The summed E-state index contributed by atoms with van der Waals surface area (Å²) in [5.41, 5.74) is 7.98. The van der Waals surface area contributed by atoms with Gasteiger partial charge in [0.2, 0.25) is 5.91 Å². The van der Waals surface area contributed by atoms with Gasteiger partial charge in [0.05, 0.1) is 19.2 Å². The summed E-state index contributed by atoms with van der Waals surface area (Å²) in [6.07, 6.45) is 2.11. The molecule has 0 saturated heterocycles. The molecular weight excluding hydrogens is 258 g/mol. The third kappa shape index (κ3) is 3.40. The molecule has 1 amide bonds. The molecule has 0 bridgehead atoms. The predicted octanol–water partition coefficient (Wildman–Crippen LogP) is 1.05. The quantitative estimate of drug-likeness (QED) is 0.552. The van der Waals surface area contributed by atoms with Crippen LogP contribution in [-0.4, -0.2) is 31.6 Å². The molecule has 1 aromatic rings. The molecule has 0 radical (unpaired) electrons. The minimum atomic E-state index is -0.489. The van der Waals surface area contributed by atoms with E-state index in [1.807, 2.05) is 0 Å². The maximum atomic E-state index is 11.6. The lowest BCUT2D eigenvalue weighted by molar-refractivity contribution is -0.119. The number of benzene rings is 1. The molecule has 20 heavy (non-hydrogen) atoms. The topological polar surface area (TPSA) is 93.4 Å². The highest BCUT2D eigenvalue weighted by molar-refractivity contribution is 5.97. The van der Waals surface area contributed by atoms with Gasteiger partial charge in [-0.25, -0.2) is 4.79 Å². The highest BCUT2D eigenvalue weighted by Crippen LogP contribution is 2.23. The lowest BCUT2D eigenvalue weighted by atomic mass is 10.1. The van der Waals surface area contributed by atoms with Crippen molar-refractivity contribution in [2.24, 2.45) is 0 Å². The molecule has 1 aliphatic rings. The zero-order valence-corrected chi connectivity index (χ0v) is 11.7. The number of nitrogens with one attached hydrogen (secondary N) is 2. The fourth-order valence-corrected chi connectivity index (χ4v) is 1.87. The largest absolute Gasteiger partial charge is 0.465 e. The lowest BCUT2D eigenvalue weighted by Gasteiger charge is -2.12. The van der Waals surface area contributed by atoms with Gasteiger partial charge >= 0.3 is 5.97 Å². The van der Waals surface area contributed by atoms with Gasteiger partial charge in [0, 0.05) is 17.4 Å². The molecule has 1 aromatic carbocycles. The molecule has 6 nitrogen and oxygen atoms in total. The van der Waals surface area contributed by atoms with Crippen LogP contribution in [0.2, 0.25) is 0 Å². The van der Waals surface area contributed by atoms with Gasteiger partial charge in [-0.15, -0.1) is 0 Å². The summed E-state index contributed by atoms with van der Waals surface area (Å²) in [5, 5.41) is 5.87. The predicted molar refractivity (Wildman–Crippen MR) is 76.6 cm³/mol. The highest BCUT2D eigenvalue weighted by Gasteiger charge is 2.23. The second-order valence-electron chi connectivity index (χ2n) is 4.94. The Kier molecular flexibility index (Phi) is 4.12. The van der Waals surface area contributed by atoms with Crippen LogP contribution in [0.4, 0.5) is 11.4 Å². The van der Waals surface area contributed by atoms with Crippen LogP contribution in [0.25, 0.3) is 0 Å². The Labute approximate surface area is 117 Å². The molecule has 4 N–H and O–H groups in total. The first-order chi connectivity index (χ1) is 9.51. The maximum Gasteiger partial charge on any atom is 0.340 e. The molecule has 0 unspecified atom stereocenters. The summed E-state index contributed by atoms with van der Waals surface area (Å²) in [5.74, 6) is -0.543. The van der Waals surface area contributed by atoms with Crippen molar-refractivity contribution in [2.75, 3.05) is 24.7 Å². The Morgan fingerprint density at radius 3 is 2.70 bits per heavy atom. The van der Waals surface area contributed by atoms with E-state index in [9.17, 15) is 9.59 Å². The third-order valence-electron chi connectivity index (χ3n) is 3.19. The van der Waals surface area contributed by atoms with Gasteiger partial charge in [-0.2, -0.15) is 0 Å². The Hall–Kier alpha value is -2.24. The maximum absolute atomic E-state index is 11.6. The van der Waals surface area contributed by atoms with E-state index >= 15 is 0 Å². The van der Waals surface area contributed by atoms with Gasteiger partial charge in [-0.1, -0.05) is 0 Å². The van der Waals surface area contributed by atoms with E-state index in [0.29, 0.717) is 23.0 Å². The van der Waals surface area contributed by atoms with Crippen LogP contribution >= 0.6 is 0 Å². The fourth-order valence-electron chi connectivity index (χ4n) is 1.87. The molecule has 1 saturated carbocycles. The van der Waals surface area contributed by atoms with E-state index in [4.69, 9.17) is 5.73 Å². The molecule has 0 atom stereocenters. The van der Waals surface area contributed by atoms with E-state index in [1.165, 1.54) is 7.11 Å². The molecule has 1 aliphatic carbocycles. The second kappa shape index (κ2) is 5.81. The van der Waals surface area contributed by atoms with Crippen LogP contribution in [0.3, 0.4) is 0 Å². The molecular formula is C14H19N3O3. The highest BCUT2D eigenvalue weighted by atomic mass is 16.5. The number of nitrogens with two attached hydrogens (primary N) is 1. The summed E-state index contributed by atoms with van der Waals surface area (Å²) in [4.78, 5) is 23.2. The number of anilines is 2. The second-order valence-corrected chi connectivity index (χ2v) is 4.94. The number of aryl methyl sites for hydroxylation is 1. The smallest absolute Gasteiger partial charge is 0.340 e. The van der Waals surface area contributed by atoms with Crippen molar-refractivity contribution in [1.29, 1.82) is 0 Å². The Bertz CT molecular complexity index is 539. The molecule has 0 spiro atoms. The van der Waals surface area contributed by atoms with Crippen molar-refractivity contribution in [3.05, 3.63) is 23.3 Å². The monoisotopic (exact) mass is 277 g/mol. The van der Waals surface area contributed by atoms with E-state index in [1.54, 1.807) is 19.1 Å². The van der Waals surface area contributed by atoms with Gasteiger partial charge in [0.15, 0.2) is 0 Å². The molecule has 108 valence electrons. The zero-order valence-electron chi connectivity index (χ0n) is 11.7. The number of nitrogen functional groups attached to an aromatic ring is 1. The van der Waals surface area contributed by atoms with Crippen molar-refractivity contribution in [3.8, 4) is 0 Å². The van der Waals surface area contributed by atoms with Crippen LogP contribution in [0.15, 0.2) is 12.1 Å². The van der Waals surface area contributed by atoms with Gasteiger partial charge < -0.3 is 21.1 Å². The van der Waals surface area contributed by atoms with Crippen LogP contribution in [-0.2, 0) is 9.53 Å². The number of hydrogen-bond acceptors (Lipinski definition) is 5. The van der Waals surface area contributed by atoms with Crippen LogP contribution < -0.4 is 16.4 Å². The lowest BCUT2D eigenvalue weighted by Crippen LogP contribution is -2.31. The van der Waals surface area contributed by atoms with Crippen molar-refractivity contribution >= 4 is 23.3 Å². The first kappa shape index (κ1) is 14.2. The van der Waals surface area contributed by atoms with Crippen LogP contribution in [0, 0.1) is 6.92 Å². The minimum absolute atomic E-state index is 0.0541. The number of amides is 1. The van der Waals surface area contributed by atoms with Gasteiger partial charge in [-0.05, 0) is 37.5 Å². The van der Waals surface area contributed by atoms with E-state index < -0.39 is 5.97 Å². The van der Waals surface area contributed by atoms with Crippen LogP contribution in [0.1, 0.15) is 28.8 Å². The van der Waals surface area contributed by atoms with Crippen molar-refractivity contribution in [1.82, 2.24) is 5.32 Å². The summed E-state index contributed by atoms with van der Waals surface area (Å²) >= 11 is 0. The SMILES string of the molecule is COC(=O)c1cc(NCC(=O)NC2CC2)cc(C)c1N. The summed E-state index contributed by atoms with van der Waals surface area (Å²) in [6, 6.07) is 3.73. The number of methoxy groups -OCH3 is 1. The third-order valence-corrected chi connectivity index (χ3v) is 3.19. The Morgan fingerprint density at radius 2 is 2.10 bits per heavy atom. The van der Waals surface area contributed by atoms with E-state index in [-0.39, 0.29) is 12.5 Å². The fraction of sp³-hybridized carbons (Fsp3) is 0.429. The normalized spacial score (nSPS) is 13.7. The number of esters is 1.